The Balaban J connectivity index is 1.78. The Labute approximate surface area is 122 Å². The minimum atomic E-state index is -0.224. The summed E-state index contributed by atoms with van der Waals surface area (Å²) in [6.07, 6.45) is 0. The SMILES string of the molecule is Nc1cccc(NC(=O)COCc2cccc(Cl)c2)c1. The van der Waals surface area contributed by atoms with Crippen molar-refractivity contribution in [1.82, 2.24) is 0 Å². The van der Waals surface area contributed by atoms with Crippen LogP contribution in [0, 0.1) is 0 Å². The lowest BCUT2D eigenvalue weighted by atomic mass is 10.2. The average molecular weight is 291 g/mol. The molecule has 0 saturated heterocycles. The molecule has 0 spiro atoms. The molecule has 2 aromatic carbocycles. The molecule has 0 aliphatic carbocycles. The van der Waals surface area contributed by atoms with Gasteiger partial charge < -0.3 is 15.8 Å². The van der Waals surface area contributed by atoms with Gasteiger partial charge >= 0.3 is 0 Å². The molecule has 0 radical (unpaired) electrons. The van der Waals surface area contributed by atoms with E-state index in [1.165, 1.54) is 0 Å². The van der Waals surface area contributed by atoms with E-state index in [1.807, 2.05) is 12.1 Å². The van der Waals surface area contributed by atoms with Gasteiger partial charge in [-0.3, -0.25) is 4.79 Å². The van der Waals surface area contributed by atoms with Crippen LogP contribution in [-0.4, -0.2) is 12.5 Å². The van der Waals surface area contributed by atoms with Gasteiger partial charge in [0.1, 0.15) is 6.61 Å². The van der Waals surface area contributed by atoms with Crippen molar-refractivity contribution in [1.29, 1.82) is 0 Å². The van der Waals surface area contributed by atoms with E-state index >= 15 is 0 Å². The molecule has 1 amide bonds. The molecule has 0 saturated carbocycles. The van der Waals surface area contributed by atoms with E-state index in [0.29, 0.717) is 23.0 Å². The molecule has 2 aromatic rings. The van der Waals surface area contributed by atoms with Crippen LogP contribution in [0.5, 0.6) is 0 Å². The predicted octanol–water partition coefficient (Wildman–Crippen LogP) is 3.08. The van der Waals surface area contributed by atoms with Crippen LogP contribution in [0.1, 0.15) is 5.56 Å². The molecule has 0 unspecified atom stereocenters. The maximum absolute atomic E-state index is 11.7. The summed E-state index contributed by atoms with van der Waals surface area (Å²) in [5.74, 6) is -0.224. The van der Waals surface area contributed by atoms with Crippen molar-refractivity contribution < 1.29 is 9.53 Å². The summed E-state index contributed by atoms with van der Waals surface area (Å²) in [6, 6.07) is 14.3. The number of nitrogens with two attached hydrogens (primary N) is 1. The molecule has 2 rings (SSSR count). The van der Waals surface area contributed by atoms with E-state index in [2.05, 4.69) is 5.32 Å². The Morgan fingerprint density at radius 2 is 2.00 bits per heavy atom. The zero-order chi connectivity index (χ0) is 14.4. The fourth-order valence-electron chi connectivity index (χ4n) is 1.70. The molecule has 0 heterocycles. The van der Waals surface area contributed by atoms with E-state index in [4.69, 9.17) is 22.1 Å². The van der Waals surface area contributed by atoms with Crippen LogP contribution in [0.3, 0.4) is 0 Å². The monoisotopic (exact) mass is 290 g/mol. The number of ether oxygens (including phenoxy) is 1. The van der Waals surface area contributed by atoms with Crippen LogP contribution in [0.25, 0.3) is 0 Å². The number of benzene rings is 2. The molecule has 104 valence electrons. The predicted molar refractivity (Wildman–Crippen MR) is 80.6 cm³/mol. The highest BCUT2D eigenvalue weighted by Gasteiger charge is 2.03. The minimum absolute atomic E-state index is 0.0265. The Morgan fingerprint density at radius 3 is 2.75 bits per heavy atom. The lowest BCUT2D eigenvalue weighted by Gasteiger charge is -2.07. The Hall–Kier alpha value is -2.04. The first kappa shape index (κ1) is 14.4. The Kier molecular flexibility index (Phi) is 4.98. The van der Waals surface area contributed by atoms with Gasteiger partial charge in [0.15, 0.2) is 0 Å². The van der Waals surface area contributed by atoms with Gasteiger partial charge in [-0.25, -0.2) is 0 Å². The third kappa shape index (κ3) is 4.57. The van der Waals surface area contributed by atoms with Gasteiger partial charge in [0.05, 0.1) is 6.61 Å². The molecule has 0 aliphatic rings. The molecular formula is C15H15ClN2O2. The van der Waals surface area contributed by atoms with Crippen LogP contribution < -0.4 is 11.1 Å². The number of nitrogen functional groups attached to an aromatic ring is 1. The van der Waals surface area contributed by atoms with Gasteiger partial charge in [0.25, 0.3) is 0 Å². The summed E-state index contributed by atoms with van der Waals surface area (Å²) >= 11 is 5.86. The van der Waals surface area contributed by atoms with Crippen molar-refractivity contribution in [3.8, 4) is 0 Å². The summed E-state index contributed by atoms with van der Waals surface area (Å²) in [6.45, 7) is 0.312. The lowest BCUT2D eigenvalue weighted by Crippen LogP contribution is -2.18. The zero-order valence-corrected chi connectivity index (χ0v) is 11.6. The quantitative estimate of drug-likeness (QED) is 0.832. The normalized spacial score (nSPS) is 10.2. The molecule has 0 aromatic heterocycles. The molecule has 4 nitrogen and oxygen atoms in total. The maximum Gasteiger partial charge on any atom is 0.250 e. The third-order valence-electron chi connectivity index (χ3n) is 2.56. The number of carbonyl (C=O) groups excluding carboxylic acids is 1. The van der Waals surface area contributed by atoms with E-state index in [9.17, 15) is 4.79 Å². The largest absolute Gasteiger partial charge is 0.399 e. The molecule has 5 heteroatoms. The molecule has 0 bridgehead atoms. The second-order valence-electron chi connectivity index (χ2n) is 4.30. The standard InChI is InChI=1S/C15H15ClN2O2/c16-12-4-1-3-11(7-12)9-20-10-15(19)18-14-6-2-5-13(17)8-14/h1-8H,9-10,17H2,(H,18,19). The number of anilines is 2. The van der Waals surface area contributed by atoms with Crippen molar-refractivity contribution in [2.24, 2.45) is 0 Å². The van der Waals surface area contributed by atoms with Crippen LogP contribution in [-0.2, 0) is 16.1 Å². The number of hydrogen-bond donors (Lipinski definition) is 2. The highest BCUT2D eigenvalue weighted by atomic mass is 35.5. The number of halogens is 1. The van der Waals surface area contributed by atoms with Crippen molar-refractivity contribution in [2.45, 2.75) is 6.61 Å². The van der Waals surface area contributed by atoms with Crippen molar-refractivity contribution in [2.75, 3.05) is 17.7 Å². The second kappa shape index (κ2) is 6.93. The maximum atomic E-state index is 11.7. The molecule has 20 heavy (non-hydrogen) atoms. The van der Waals surface area contributed by atoms with Crippen LogP contribution in [0.15, 0.2) is 48.5 Å². The Bertz CT molecular complexity index is 602. The van der Waals surface area contributed by atoms with Crippen LogP contribution in [0.2, 0.25) is 5.02 Å². The van der Waals surface area contributed by atoms with Gasteiger partial charge in [0, 0.05) is 16.4 Å². The molecule has 0 fully saturated rings. The van der Waals surface area contributed by atoms with Crippen LogP contribution >= 0.6 is 11.6 Å². The number of hydrogen-bond acceptors (Lipinski definition) is 3. The summed E-state index contributed by atoms with van der Waals surface area (Å²) in [5.41, 5.74) is 7.81. The molecular weight excluding hydrogens is 276 g/mol. The van der Waals surface area contributed by atoms with Gasteiger partial charge in [0.2, 0.25) is 5.91 Å². The first-order valence-electron chi connectivity index (χ1n) is 6.11. The number of rotatable bonds is 5. The Morgan fingerprint density at radius 1 is 1.20 bits per heavy atom. The molecule has 0 atom stereocenters. The van der Waals surface area contributed by atoms with E-state index in [1.54, 1.807) is 36.4 Å². The summed E-state index contributed by atoms with van der Waals surface area (Å²) < 4.78 is 5.34. The summed E-state index contributed by atoms with van der Waals surface area (Å²) in [7, 11) is 0. The second-order valence-corrected chi connectivity index (χ2v) is 4.73. The highest BCUT2D eigenvalue weighted by Crippen LogP contribution is 2.13. The van der Waals surface area contributed by atoms with Crippen molar-refractivity contribution in [3.63, 3.8) is 0 Å². The number of carbonyl (C=O) groups is 1. The first-order valence-corrected chi connectivity index (χ1v) is 6.49. The average Bonchev–Trinajstić information content (AvgIpc) is 2.38. The lowest BCUT2D eigenvalue weighted by molar-refractivity contribution is -0.121. The van der Waals surface area contributed by atoms with Crippen molar-refractivity contribution in [3.05, 3.63) is 59.1 Å². The zero-order valence-electron chi connectivity index (χ0n) is 10.8. The van der Waals surface area contributed by atoms with Crippen LogP contribution in [0.4, 0.5) is 11.4 Å². The van der Waals surface area contributed by atoms with E-state index < -0.39 is 0 Å². The number of nitrogens with one attached hydrogen (secondary N) is 1. The highest BCUT2D eigenvalue weighted by molar-refractivity contribution is 6.30. The van der Waals surface area contributed by atoms with Gasteiger partial charge in [-0.05, 0) is 35.9 Å². The summed E-state index contributed by atoms with van der Waals surface area (Å²) in [5, 5.41) is 3.36. The van der Waals surface area contributed by atoms with Gasteiger partial charge in [-0.15, -0.1) is 0 Å². The molecule has 0 aliphatic heterocycles. The van der Waals surface area contributed by atoms with E-state index in [0.717, 1.165) is 5.56 Å². The summed E-state index contributed by atoms with van der Waals surface area (Å²) in [4.78, 5) is 11.7. The molecule has 3 N–H and O–H groups in total. The van der Waals surface area contributed by atoms with Gasteiger partial charge in [-0.2, -0.15) is 0 Å². The van der Waals surface area contributed by atoms with Gasteiger partial charge in [-0.1, -0.05) is 29.8 Å². The van der Waals surface area contributed by atoms with E-state index in [-0.39, 0.29) is 12.5 Å². The third-order valence-corrected chi connectivity index (χ3v) is 2.80. The fourth-order valence-corrected chi connectivity index (χ4v) is 1.91. The fraction of sp³-hybridized carbons (Fsp3) is 0.133. The first-order chi connectivity index (χ1) is 9.63. The minimum Gasteiger partial charge on any atom is -0.399 e. The number of amides is 1. The topological polar surface area (TPSA) is 64.3 Å². The smallest absolute Gasteiger partial charge is 0.250 e. The van der Waals surface area contributed by atoms with Crippen molar-refractivity contribution >= 4 is 28.9 Å².